The summed E-state index contributed by atoms with van der Waals surface area (Å²) >= 11 is 0. The van der Waals surface area contributed by atoms with E-state index in [1.54, 1.807) is 24.3 Å². The average molecular weight is 318 g/mol. The third-order valence-corrected chi connectivity index (χ3v) is 3.25. The van der Waals surface area contributed by atoms with Gasteiger partial charge in [-0.2, -0.15) is 0 Å². The lowest BCUT2D eigenvalue weighted by Crippen LogP contribution is -2.30. The number of carbonyl (C=O) groups is 1. The molecule has 0 atom stereocenters. The van der Waals surface area contributed by atoms with E-state index in [1.165, 1.54) is 26.4 Å². The zero-order chi connectivity index (χ0) is 16.7. The van der Waals surface area contributed by atoms with Crippen LogP contribution >= 0.6 is 0 Å². The maximum Gasteiger partial charge on any atom is 0.319 e. The SMILES string of the molecule is COc1cccc(OC)c1NC(=O)NCCc1cccc(F)c1. The number of nitrogens with one attached hydrogen (secondary N) is 2. The molecule has 122 valence electrons. The van der Waals surface area contributed by atoms with Gasteiger partial charge in [0.1, 0.15) is 23.0 Å². The van der Waals surface area contributed by atoms with Gasteiger partial charge in [-0.05, 0) is 36.2 Å². The van der Waals surface area contributed by atoms with E-state index in [2.05, 4.69) is 10.6 Å². The van der Waals surface area contributed by atoms with Crippen molar-refractivity contribution in [3.63, 3.8) is 0 Å². The number of hydrogen-bond donors (Lipinski definition) is 2. The second-order valence-electron chi connectivity index (χ2n) is 4.80. The second kappa shape index (κ2) is 8.03. The minimum Gasteiger partial charge on any atom is -0.494 e. The molecule has 2 aromatic carbocycles. The van der Waals surface area contributed by atoms with Crippen LogP contribution in [0.15, 0.2) is 42.5 Å². The van der Waals surface area contributed by atoms with Crippen LogP contribution in [0.5, 0.6) is 11.5 Å². The fourth-order valence-electron chi connectivity index (χ4n) is 2.14. The Balaban J connectivity index is 1.92. The molecular formula is C17H19FN2O3. The molecule has 0 aliphatic heterocycles. The number of halogens is 1. The summed E-state index contributed by atoms with van der Waals surface area (Å²) in [6.45, 7) is 0.382. The molecule has 2 rings (SSSR count). The number of amides is 2. The Morgan fingerprint density at radius 2 is 1.74 bits per heavy atom. The molecule has 2 amide bonds. The molecule has 0 heterocycles. The third kappa shape index (κ3) is 4.60. The van der Waals surface area contributed by atoms with Crippen LogP contribution in [0.1, 0.15) is 5.56 Å². The normalized spacial score (nSPS) is 10.0. The number of benzene rings is 2. The molecule has 0 aromatic heterocycles. The predicted octanol–water partition coefficient (Wildman–Crippen LogP) is 3.21. The van der Waals surface area contributed by atoms with E-state index in [4.69, 9.17) is 9.47 Å². The summed E-state index contributed by atoms with van der Waals surface area (Å²) in [7, 11) is 3.03. The van der Waals surface area contributed by atoms with Gasteiger partial charge in [-0.1, -0.05) is 18.2 Å². The fraction of sp³-hybridized carbons (Fsp3) is 0.235. The maximum atomic E-state index is 13.1. The fourth-order valence-corrected chi connectivity index (χ4v) is 2.14. The van der Waals surface area contributed by atoms with Crippen LogP contribution in [0.2, 0.25) is 0 Å². The van der Waals surface area contributed by atoms with Gasteiger partial charge in [0.05, 0.1) is 14.2 Å². The Labute approximate surface area is 134 Å². The first-order chi connectivity index (χ1) is 11.1. The summed E-state index contributed by atoms with van der Waals surface area (Å²) in [4.78, 5) is 12.0. The number of ether oxygens (including phenoxy) is 2. The van der Waals surface area contributed by atoms with E-state index in [-0.39, 0.29) is 11.8 Å². The standard InChI is InChI=1S/C17H19FN2O3/c1-22-14-7-4-8-15(23-2)16(14)20-17(21)19-10-9-12-5-3-6-13(18)11-12/h3-8,11H,9-10H2,1-2H3,(H2,19,20,21). The summed E-state index contributed by atoms with van der Waals surface area (Å²) in [5, 5.41) is 5.42. The monoisotopic (exact) mass is 318 g/mol. The first kappa shape index (κ1) is 16.6. The van der Waals surface area contributed by atoms with Crippen LogP contribution in [0.4, 0.5) is 14.9 Å². The molecular weight excluding hydrogens is 299 g/mol. The van der Waals surface area contributed by atoms with Crippen LogP contribution in [0, 0.1) is 5.82 Å². The van der Waals surface area contributed by atoms with Gasteiger partial charge in [-0.15, -0.1) is 0 Å². The smallest absolute Gasteiger partial charge is 0.319 e. The molecule has 6 heteroatoms. The lowest BCUT2D eigenvalue weighted by molar-refractivity contribution is 0.252. The van der Waals surface area contributed by atoms with Gasteiger partial charge in [0.15, 0.2) is 0 Å². The highest BCUT2D eigenvalue weighted by Crippen LogP contribution is 2.33. The van der Waals surface area contributed by atoms with Gasteiger partial charge in [-0.3, -0.25) is 0 Å². The molecule has 0 aliphatic carbocycles. The summed E-state index contributed by atoms with van der Waals surface area (Å²) < 4.78 is 23.5. The van der Waals surface area contributed by atoms with Crippen molar-refractivity contribution in [1.29, 1.82) is 0 Å². The quantitative estimate of drug-likeness (QED) is 0.860. The highest BCUT2D eigenvalue weighted by Gasteiger charge is 2.12. The van der Waals surface area contributed by atoms with Gasteiger partial charge in [0.25, 0.3) is 0 Å². The van der Waals surface area contributed by atoms with Crippen molar-refractivity contribution in [2.24, 2.45) is 0 Å². The zero-order valence-corrected chi connectivity index (χ0v) is 13.1. The maximum absolute atomic E-state index is 13.1. The van der Waals surface area contributed by atoms with Gasteiger partial charge in [0, 0.05) is 6.54 Å². The van der Waals surface area contributed by atoms with Gasteiger partial charge >= 0.3 is 6.03 Å². The van der Waals surface area contributed by atoms with Crippen molar-refractivity contribution < 1.29 is 18.7 Å². The minimum absolute atomic E-state index is 0.286. The Morgan fingerprint density at radius 1 is 1.09 bits per heavy atom. The van der Waals surface area contributed by atoms with Crippen molar-refractivity contribution in [2.75, 3.05) is 26.1 Å². The number of hydrogen-bond acceptors (Lipinski definition) is 3. The highest BCUT2D eigenvalue weighted by molar-refractivity contribution is 5.92. The van der Waals surface area contributed by atoms with E-state index in [1.807, 2.05) is 6.07 Å². The molecule has 0 spiro atoms. The van der Waals surface area contributed by atoms with E-state index in [0.717, 1.165) is 5.56 Å². The molecule has 2 N–H and O–H groups in total. The first-order valence-corrected chi connectivity index (χ1v) is 7.14. The average Bonchev–Trinajstić information content (AvgIpc) is 2.55. The minimum atomic E-state index is -0.385. The Morgan fingerprint density at radius 3 is 2.35 bits per heavy atom. The van der Waals surface area contributed by atoms with Crippen molar-refractivity contribution in [3.05, 3.63) is 53.8 Å². The number of methoxy groups -OCH3 is 2. The van der Waals surface area contributed by atoms with Crippen LogP contribution in [-0.2, 0) is 6.42 Å². The first-order valence-electron chi connectivity index (χ1n) is 7.14. The lowest BCUT2D eigenvalue weighted by atomic mass is 10.1. The van der Waals surface area contributed by atoms with E-state index in [0.29, 0.717) is 30.2 Å². The van der Waals surface area contributed by atoms with Crippen molar-refractivity contribution >= 4 is 11.7 Å². The molecule has 0 saturated heterocycles. The number of anilines is 1. The summed E-state index contributed by atoms with van der Waals surface area (Å²) in [6.07, 6.45) is 0.536. The molecule has 0 radical (unpaired) electrons. The molecule has 0 bridgehead atoms. The highest BCUT2D eigenvalue weighted by atomic mass is 19.1. The van der Waals surface area contributed by atoms with Crippen LogP contribution in [-0.4, -0.2) is 26.8 Å². The summed E-state index contributed by atoms with van der Waals surface area (Å²) in [6, 6.07) is 11.1. The molecule has 0 unspecified atom stereocenters. The molecule has 0 aliphatic rings. The van der Waals surface area contributed by atoms with Crippen LogP contribution < -0.4 is 20.1 Å². The molecule has 0 saturated carbocycles. The topological polar surface area (TPSA) is 59.6 Å². The number of rotatable bonds is 6. The Bertz CT molecular complexity index is 654. The molecule has 23 heavy (non-hydrogen) atoms. The Hall–Kier alpha value is -2.76. The van der Waals surface area contributed by atoms with E-state index < -0.39 is 0 Å². The predicted molar refractivity (Wildman–Crippen MR) is 86.7 cm³/mol. The van der Waals surface area contributed by atoms with Gasteiger partial charge in [0.2, 0.25) is 0 Å². The molecule has 2 aromatic rings. The largest absolute Gasteiger partial charge is 0.494 e. The third-order valence-electron chi connectivity index (χ3n) is 3.25. The number of para-hydroxylation sites is 1. The lowest BCUT2D eigenvalue weighted by Gasteiger charge is -2.14. The van der Waals surface area contributed by atoms with Gasteiger partial charge in [-0.25, -0.2) is 9.18 Å². The number of carbonyl (C=O) groups excluding carboxylic acids is 1. The van der Waals surface area contributed by atoms with Crippen molar-refractivity contribution in [2.45, 2.75) is 6.42 Å². The molecule has 5 nitrogen and oxygen atoms in total. The van der Waals surface area contributed by atoms with Crippen molar-refractivity contribution in [3.8, 4) is 11.5 Å². The summed E-state index contributed by atoms with van der Waals surface area (Å²) in [5.41, 5.74) is 1.28. The van der Waals surface area contributed by atoms with E-state index >= 15 is 0 Å². The summed E-state index contributed by atoms with van der Waals surface area (Å²) in [5.74, 6) is 0.722. The second-order valence-corrected chi connectivity index (χ2v) is 4.80. The Kier molecular flexibility index (Phi) is 5.80. The van der Waals surface area contributed by atoms with E-state index in [9.17, 15) is 9.18 Å². The van der Waals surface area contributed by atoms with Crippen LogP contribution in [0.25, 0.3) is 0 Å². The zero-order valence-electron chi connectivity index (χ0n) is 13.1. The number of urea groups is 1. The van der Waals surface area contributed by atoms with Crippen molar-refractivity contribution in [1.82, 2.24) is 5.32 Å². The van der Waals surface area contributed by atoms with Crippen LogP contribution in [0.3, 0.4) is 0 Å². The van der Waals surface area contributed by atoms with Gasteiger partial charge < -0.3 is 20.1 Å². The molecule has 0 fully saturated rings.